The highest BCUT2D eigenvalue weighted by molar-refractivity contribution is 5.94. The van der Waals surface area contributed by atoms with Gasteiger partial charge in [-0.25, -0.2) is 4.79 Å². The second-order valence-electron chi connectivity index (χ2n) is 8.18. The van der Waals surface area contributed by atoms with E-state index in [0.29, 0.717) is 0 Å². The number of hydrogen-bond acceptors (Lipinski definition) is 7. The third kappa shape index (κ3) is 10.2. The highest BCUT2D eigenvalue weighted by Crippen LogP contribution is 2.08. The fourth-order valence-corrected chi connectivity index (χ4v) is 2.57. The lowest BCUT2D eigenvalue weighted by molar-refractivity contribution is -0.147. The van der Waals surface area contributed by atoms with Crippen molar-refractivity contribution in [1.29, 1.82) is 0 Å². The van der Waals surface area contributed by atoms with Gasteiger partial charge in [-0.2, -0.15) is 0 Å². The minimum Gasteiger partial charge on any atom is -0.481 e. The van der Waals surface area contributed by atoms with E-state index in [-0.39, 0.29) is 18.3 Å². The maximum Gasteiger partial charge on any atom is 0.326 e. The summed E-state index contributed by atoms with van der Waals surface area (Å²) < 4.78 is 0. The molecule has 0 heterocycles. The number of nitrogens with one attached hydrogen (secondary N) is 3. The molecule has 0 saturated carbocycles. The van der Waals surface area contributed by atoms with Crippen LogP contribution in [-0.2, 0) is 24.0 Å². The van der Waals surface area contributed by atoms with Crippen molar-refractivity contribution in [3.8, 4) is 0 Å². The molecule has 31 heavy (non-hydrogen) atoms. The van der Waals surface area contributed by atoms with E-state index in [1.807, 2.05) is 0 Å². The molecule has 0 spiro atoms. The normalized spacial score (nSPS) is 16.0. The Balaban J connectivity index is 5.47. The van der Waals surface area contributed by atoms with E-state index in [1.165, 1.54) is 6.92 Å². The molecule has 5 unspecified atom stereocenters. The number of hydrogen-bond donors (Lipinski definition) is 7. The quantitative estimate of drug-likeness (QED) is 0.174. The molecule has 0 saturated heterocycles. The summed E-state index contributed by atoms with van der Waals surface area (Å²) in [6.45, 7) is 8.21. The first-order chi connectivity index (χ1) is 14.2. The molecule has 12 nitrogen and oxygen atoms in total. The number of carbonyl (C=O) groups excluding carboxylic acids is 3. The average Bonchev–Trinajstić information content (AvgIpc) is 2.62. The maximum atomic E-state index is 12.7. The topological polar surface area (TPSA) is 208 Å². The van der Waals surface area contributed by atoms with Crippen LogP contribution in [-0.4, -0.2) is 75.3 Å². The predicted molar refractivity (Wildman–Crippen MR) is 110 cm³/mol. The number of carboxylic acids is 2. The van der Waals surface area contributed by atoms with Crippen LogP contribution < -0.4 is 21.7 Å². The monoisotopic (exact) mass is 446 g/mol. The largest absolute Gasteiger partial charge is 0.481 e. The standard InChI is InChI=1S/C19H34N4O8/c1-8(2)6-11(16(27)22-12(19(30)31)7-13(25)26)21-18(29)15(10(5)24)23-17(28)14(20)9(3)4/h8-12,14-15,24H,6-7,20H2,1-5H3,(H,21,29)(H,22,27)(H,23,28)(H,25,26)(H,30,31). The predicted octanol–water partition coefficient (Wildman–Crippen LogP) is -1.59. The average molecular weight is 447 g/mol. The molecular formula is C19H34N4O8. The van der Waals surface area contributed by atoms with Crippen LogP contribution in [0.4, 0.5) is 0 Å². The minimum absolute atomic E-state index is 0.100. The summed E-state index contributed by atoms with van der Waals surface area (Å²) in [6, 6.07) is -5.24. The lowest BCUT2D eigenvalue weighted by atomic mass is 10.0. The number of carbonyl (C=O) groups is 5. The van der Waals surface area contributed by atoms with Crippen molar-refractivity contribution < 1.29 is 39.3 Å². The Hall–Kier alpha value is -2.73. The maximum absolute atomic E-state index is 12.7. The van der Waals surface area contributed by atoms with Gasteiger partial charge in [0, 0.05) is 0 Å². The Kier molecular flexibility index (Phi) is 11.7. The van der Waals surface area contributed by atoms with E-state index in [9.17, 15) is 29.1 Å². The number of aliphatic hydroxyl groups is 1. The Morgan fingerprint density at radius 1 is 0.806 bits per heavy atom. The fraction of sp³-hybridized carbons (Fsp3) is 0.737. The number of nitrogens with two attached hydrogens (primary N) is 1. The van der Waals surface area contributed by atoms with Crippen LogP contribution in [0, 0.1) is 11.8 Å². The summed E-state index contributed by atoms with van der Waals surface area (Å²) in [4.78, 5) is 59.5. The molecule has 0 aromatic carbocycles. The van der Waals surface area contributed by atoms with Crippen LogP contribution in [0.5, 0.6) is 0 Å². The molecule has 0 aromatic heterocycles. The molecule has 8 N–H and O–H groups in total. The molecule has 0 aliphatic rings. The highest BCUT2D eigenvalue weighted by atomic mass is 16.4. The third-order valence-electron chi connectivity index (χ3n) is 4.42. The zero-order chi connectivity index (χ0) is 24.5. The van der Waals surface area contributed by atoms with Crippen molar-refractivity contribution >= 4 is 29.7 Å². The van der Waals surface area contributed by atoms with Crippen LogP contribution in [0.15, 0.2) is 0 Å². The van der Waals surface area contributed by atoms with Crippen molar-refractivity contribution in [2.45, 2.75) is 77.7 Å². The Morgan fingerprint density at radius 2 is 1.32 bits per heavy atom. The van der Waals surface area contributed by atoms with Gasteiger partial charge in [-0.3, -0.25) is 19.2 Å². The van der Waals surface area contributed by atoms with Crippen molar-refractivity contribution in [1.82, 2.24) is 16.0 Å². The first kappa shape index (κ1) is 28.3. The van der Waals surface area contributed by atoms with Gasteiger partial charge in [0.15, 0.2) is 0 Å². The molecule has 0 aromatic rings. The number of carboxylic acid groups (broad SMARTS) is 2. The first-order valence-corrected chi connectivity index (χ1v) is 9.96. The third-order valence-corrected chi connectivity index (χ3v) is 4.42. The van der Waals surface area contributed by atoms with E-state index in [2.05, 4.69) is 16.0 Å². The molecule has 12 heteroatoms. The van der Waals surface area contributed by atoms with Crippen molar-refractivity contribution in [3.63, 3.8) is 0 Å². The highest BCUT2D eigenvalue weighted by Gasteiger charge is 2.33. The summed E-state index contributed by atoms with van der Waals surface area (Å²) in [6.07, 6.45) is -2.06. The summed E-state index contributed by atoms with van der Waals surface area (Å²) >= 11 is 0. The van der Waals surface area contributed by atoms with E-state index in [4.69, 9.17) is 15.9 Å². The van der Waals surface area contributed by atoms with Gasteiger partial charge >= 0.3 is 11.9 Å². The van der Waals surface area contributed by atoms with Crippen molar-refractivity contribution in [3.05, 3.63) is 0 Å². The van der Waals surface area contributed by atoms with Crippen LogP contribution >= 0.6 is 0 Å². The summed E-state index contributed by atoms with van der Waals surface area (Å²) in [5.41, 5.74) is 5.75. The van der Waals surface area contributed by atoms with E-state index >= 15 is 0 Å². The molecule has 0 rings (SSSR count). The second kappa shape index (κ2) is 12.8. The van der Waals surface area contributed by atoms with E-state index < -0.39 is 66.4 Å². The van der Waals surface area contributed by atoms with E-state index in [1.54, 1.807) is 27.7 Å². The van der Waals surface area contributed by atoms with Crippen molar-refractivity contribution in [2.24, 2.45) is 17.6 Å². The van der Waals surface area contributed by atoms with E-state index in [0.717, 1.165) is 0 Å². The Morgan fingerprint density at radius 3 is 1.71 bits per heavy atom. The molecule has 0 aliphatic heterocycles. The molecule has 178 valence electrons. The summed E-state index contributed by atoms with van der Waals surface area (Å²) in [5, 5.41) is 34.7. The van der Waals surface area contributed by atoms with Gasteiger partial charge in [0.2, 0.25) is 17.7 Å². The number of amides is 3. The van der Waals surface area contributed by atoms with Gasteiger partial charge in [-0.1, -0.05) is 27.7 Å². The smallest absolute Gasteiger partial charge is 0.326 e. The van der Waals surface area contributed by atoms with Gasteiger partial charge in [0.1, 0.15) is 18.1 Å². The first-order valence-electron chi connectivity index (χ1n) is 9.96. The number of rotatable bonds is 13. The zero-order valence-electron chi connectivity index (χ0n) is 18.4. The van der Waals surface area contributed by atoms with Crippen molar-refractivity contribution in [2.75, 3.05) is 0 Å². The van der Waals surface area contributed by atoms with Gasteiger partial charge < -0.3 is 37.0 Å². The van der Waals surface area contributed by atoms with Crippen LogP contribution in [0.3, 0.4) is 0 Å². The SMILES string of the molecule is CC(C)CC(NC(=O)C(NC(=O)C(N)C(C)C)C(C)O)C(=O)NC(CC(=O)O)C(=O)O. The Bertz CT molecular complexity index is 665. The van der Waals surface area contributed by atoms with Crippen LogP contribution in [0.1, 0.15) is 47.5 Å². The van der Waals surface area contributed by atoms with Gasteiger partial charge in [0.25, 0.3) is 0 Å². The lowest BCUT2D eigenvalue weighted by Gasteiger charge is -2.27. The number of aliphatic carboxylic acids is 2. The second-order valence-corrected chi connectivity index (χ2v) is 8.18. The molecule has 0 aliphatic carbocycles. The summed E-state index contributed by atoms with van der Waals surface area (Å²) in [7, 11) is 0. The number of aliphatic hydroxyl groups excluding tert-OH is 1. The molecule has 5 atom stereocenters. The van der Waals surface area contributed by atoms with Gasteiger partial charge in [-0.05, 0) is 25.2 Å². The summed E-state index contributed by atoms with van der Waals surface area (Å²) in [5.74, 6) is -5.71. The van der Waals surface area contributed by atoms with Gasteiger partial charge in [0.05, 0.1) is 18.6 Å². The van der Waals surface area contributed by atoms with Crippen LogP contribution in [0.2, 0.25) is 0 Å². The lowest BCUT2D eigenvalue weighted by Crippen LogP contribution is -2.60. The molecular weight excluding hydrogens is 412 g/mol. The molecule has 3 amide bonds. The molecule has 0 bridgehead atoms. The zero-order valence-corrected chi connectivity index (χ0v) is 18.4. The Labute approximate surface area is 180 Å². The molecule has 0 radical (unpaired) electrons. The van der Waals surface area contributed by atoms with Gasteiger partial charge in [-0.15, -0.1) is 0 Å². The fourth-order valence-electron chi connectivity index (χ4n) is 2.57. The molecule has 0 fully saturated rings. The van der Waals surface area contributed by atoms with Crippen LogP contribution in [0.25, 0.3) is 0 Å². The minimum atomic E-state index is -1.69.